The van der Waals surface area contributed by atoms with Gasteiger partial charge in [0.2, 0.25) is 0 Å². The third-order valence-electron chi connectivity index (χ3n) is 5.84. The van der Waals surface area contributed by atoms with Crippen LogP contribution in [0.25, 0.3) is 11.0 Å². The average Bonchev–Trinajstić information content (AvgIpc) is 3.41. The van der Waals surface area contributed by atoms with Gasteiger partial charge < -0.3 is 10.3 Å². The molecule has 1 aliphatic heterocycles. The van der Waals surface area contributed by atoms with Gasteiger partial charge in [-0.05, 0) is 67.0 Å². The first-order valence-electron chi connectivity index (χ1n) is 10.9. The molecule has 0 aliphatic carbocycles. The Morgan fingerprint density at radius 3 is 2.26 bits per heavy atom. The molecule has 5 rings (SSSR count). The van der Waals surface area contributed by atoms with Crippen LogP contribution in [-0.2, 0) is 0 Å². The van der Waals surface area contributed by atoms with Crippen molar-refractivity contribution in [3.05, 3.63) is 95.3 Å². The van der Waals surface area contributed by atoms with Gasteiger partial charge in [0.1, 0.15) is 5.82 Å². The monoisotopic (exact) mass is 470 g/mol. The van der Waals surface area contributed by atoms with Crippen molar-refractivity contribution in [3.63, 3.8) is 0 Å². The lowest BCUT2D eigenvalue weighted by atomic mass is 10.1. The van der Waals surface area contributed by atoms with Crippen LogP contribution in [0.15, 0.2) is 72.8 Å². The van der Waals surface area contributed by atoms with Crippen molar-refractivity contribution in [2.24, 2.45) is 0 Å². The molecule has 1 aliphatic rings. The predicted molar refractivity (Wildman–Crippen MR) is 133 cm³/mol. The Morgan fingerprint density at radius 1 is 0.971 bits per heavy atom. The number of imidazole rings is 1. The number of imide groups is 1. The van der Waals surface area contributed by atoms with Gasteiger partial charge in [-0.3, -0.25) is 14.4 Å². The molecule has 8 heteroatoms. The molecule has 34 heavy (non-hydrogen) atoms. The molecular formula is C26H22N4O3S. The maximum absolute atomic E-state index is 13.0. The van der Waals surface area contributed by atoms with E-state index in [2.05, 4.69) is 15.3 Å². The van der Waals surface area contributed by atoms with Crippen LogP contribution in [0.2, 0.25) is 0 Å². The number of H-pyrrole nitrogens is 1. The first-order valence-corrected chi connectivity index (χ1v) is 12.3. The van der Waals surface area contributed by atoms with Gasteiger partial charge in [0.15, 0.2) is 0 Å². The number of carbonyl (C=O) groups excluding carboxylic acids is 3. The Labute approximate surface area is 200 Å². The number of rotatable bonds is 7. The summed E-state index contributed by atoms with van der Waals surface area (Å²) >= 11 is 1.70. The van der Waals surface area contributed by atoms with Gasteiger partial charge in [-0.15, -0.1) is 0 Å². The highest BCUT2D eigenvalue weighted by molar-refractivity contribution is 7.98. The summed E-state index contributed by atoms with van der Waals surface area (Å²) in [5.41, 5.74) is 3.41. The number of hydrogen-bond acceptors (Lipinski definition) is 5. The third kappa shape index (κ3) is 3.97. The van der Waals surface area contributed by atoms with Gasteiger partial charge in [0.25, 0.3) is 17.7 Å². The van der Waals surface area contributed by atoms with Crippen molar-refractivity contribution in [2.75, 3.05) is 16.9 Å². The summed E-state index contributed by atoms with van der Waals surface area (Å²) in [4.78, 5) is 47.6. The van der Waals surface area contributed by atoms with Gasteiger partial charge in [-0.2, -0.15) is 11.8 Å². The Bertz CT molecular complexity index is 1330. The highest BCUT2D eigenvalue weighted by atomic mass is 32.2. The summed E-state index contributed by atoms with van der Waals surface area (Å²) < 4.78 is 0. The van der Waals surface area contributed by atoms with Gasteiger partial charge in [-0.25, -0.2) is 9.88 Å². The number of aromatic nitrogens is 2. The fraction of sp³-hybridized carbons (Fsp3) is 0.154. The topological polar surface area (TPSA) is 95.2 Å². The molecule has 3 amide bonds. The number of amides is 3. The molecule has 3 aromatic carbocycles. The van der Waals surface area contributed by atoms with Crippen LogP contribution in [0.5, 0.6) is 0 Å². The number of nitrogens with zero attached hydrogens (tertiary/aromatic N) is 2. The minimum absolute atomic E-state index is 0.250. The number of fused-ring (bicyclic) bond motifs is 2. The molecule has 1 unspecified atom stereocenters. The summed E-state index contributed by atoms with van der Waals surface area (Å²) in [5, 5.41) is 3.07. The number of nitrogens with one attached hydrogen (secondary N) is 2. The first-order chi connectivity index (χ1) is 16.6. The largest absolute Gasteiger partial charge is 0.342 e. The van der Waals surface area contributed by atoms with Crippen molar-refractivity contribution >= 4 is 46.2 Å². The van der Waals surface area contributed by atoms with E-state index in [1.807, 2.05) is 30.5 Å². The second kappa shape index (κ2) is 9.15. The zero-order valence-electron chi connectivity index (χ0n) is 18.4. The number of thioether (sulfide) groups is 1. The van der Waals surface area contributed by atoms with Crippen LogP contribution in [0, 0.1) is 0 Å². The van der Waals surface area contributed by atoms with E-state index in [9.17, 15) is 14.4 Å². The number of carbonyl (C=O) groups is 3. The Hall–Kier alpha value is -3.91. The molecule has 170 valence electrons. The van der Waals surface area contributed by atoms with E-state index in [0.29, 0.717) is 28.2 Å². The molecule has 0 fully saturated rings. The van der Waals surface area contributed by atoms with Gasteiger partial charge >= 0.3 is 0 Å². The molecular weight excluding hydrogens is 448 g/mol. The third-order valence-corrected chi connectivity index (χ3v) is 6.48. The molecule has 0 spiro atoms. The van der Waals surface area contributed by atoms with Crippen LogP contribution in [0.3, 0.4) is 0 Å². The van der Waals surface area contributed by atoms with Crippen molar-refractivity contribution in [2.45, 2.75) is 12.5 Å². The lowest BCUT2D eigenvalue weighted by Gasteiger charge is -2.17. The Balaban J connectivity index is 1.35. The highest BCUT2D eigenvalue weighted by Gasteiger charge is 2.36. The highest BCUT2D eigenvalue weighted by Crippen LogP contribution is 2.28. The summed E-state index contributed by atoms with van der Waals surface area (Å²) in [6.45, 7) is 0. The fourth-order valence-corrected chi connectivity index (χ4v) is 4.55. The maximum atomic E-state index is 13.0. The molecule has 0 saturated carbocycles. The molecule has 1 atom stereocenters. The Morgan fingerprint density at radius 2 is 1.62 bits per heavy atom. The normalized spacial score (nSPS) is 13.9. The predicted octanol–water partition coefficient (Wildman–Crippen LogP) is 4.59. The number of anilines is 1. The van der Waals surface area contributed by atoms with Crippen molar-refractivity contribution < 1.29 is 14.4 Å². The molecule has 4 aromatic rings. The molecule has 2 N–H and O–H groups in total. The lowest BCUT2D eigenvalue weighted by Crippen LogP contribution is -2.31. The lowest BCUT2D eigenvalue weighted by molar-refractivity contribution is 0.0920. The zero-order chi connectivity index (χ0) is 23.7. The Kier molecular flexibility index (Phi) is 5.90. The molecule has 1 aromatic heterocycles. The van der Waals surface area contributed by atoms with Crippen molar-refractivity contribution in [3.8, 4) is 0 Å². The van der Waals surface area contributed by atoms with Gasteiger partial charge in [-0.1, -0.05) is 24.3 Å². The van der Waals surface area contributed by atoms with Crippen molar-refractivity contribution in [1.82, 2.24) is 15.3 Å². The molecule has 0 radical (unpaired) electrons. The van der Waals surface area contributed by atoms with Gasteiger partial charge in [0, 0.05) is 5.56 Å². The fourth-order valence-electron chi connectivity index (χ4n) is 4.08. The summed E-state index contributed by atoms with van der Waals surface area (Å²) in [5.74, 6) is 0.604. The number of para-hydroxylation sites is 2. The van der Waals surface area contributed by atoms with Crippen LogP contribution < -0.4 is 10.2 Å². The zero-order valence-corrected chi connectivity index (χ0v) is 19.3. The van der Waals surface area contributed by atoms with E-state index in [4.69, 9.17) is 0 Å². The number of aromatic amines is 1. The number of benzene rings is 3. The molecule has 0 bridgehead atoms. The number of hydrogen-bond donors (Lipinski definition) is 2. The van der Waals surface area contributed by atoms with Crippen LogP contribution >= 0.6 is 11.8 Å². The van der Waals surface area contributed by atoms with E-state index in [1.54, 1.807) is 60.3 Å². The molecule has 2 heterocycles. The minimum Gasteiger partial charge on any atom is -0.342 e. The van der Waals surface area contributed by atoms with Crippen molar-refractivity contribution in [1.29, 1.82) is 0 Å². The summed E-state index contributed by atoms with van der Waals surface area (Å²) in [7, 11) is 0. The first kappa shape index (κ1) is 21.9. The SMILES string of the molecule is CSCCC(NC(=O)c1ccc(N2C(=O)c3ccccc3C2=O)cc1)c1nc2ccccc2[nH]1. The van der Waals surface area contributed by atoms with E-state index >= 15 is 0 Å². The molecule has 7 nitrogen and oxygen atoms in total. The maximum Gasteiger partial charge on any atom is 0.266 e. The minimum atomic E-state index is -0.361. The quantitative estimate of drug-likeness (QED) is 0.385. The van der Waals surface area contributed by atoms with Crippen LogP contribution in [0.1, 0.15) is 49.4 Å². The van der Waals surface area contributed by atoms with E-state index in [-0.39, 0.29) is 23.8 Å². The smallest absolute Gasteiger partial charge is 0.266 e. The van der Waals surface area contributed by atoms with Gasteiger partial charge in [0.05, 0.1) is 33.9 Å². The molecule has 0 saturated heterocycles. The van der Waals surface area contributed by atoms with E-state index in [1.165, 1.54) is 0 Å². The average molecular weight is 471 g/mol. The summed E-state index contributed by atoms with van der Waals surface area (Å²) in [6.07, 6.45) is 2.75. The van der Waals surface area contributed by atoms with Crippen LogP contribution in [0.4, 0.5) is 5.69 Å². The summed E-state index contributed by atoms with van der Waals surface area (Å²) in [6, 6.07) is 20.7. The second-order valence-electron chi connectivity index (χ2n) is 7.98. The van der Waals surface area contributed by atoms with Crippen LogP contribution in [-0.4, -0.2) is 39.7 Å². The van der Waals surface area contributed by atoms with E-state index < -0.39 is 0 Å². The second-order valence-corrected chi connectivity index (χ2v) is 8.97. The van der Waals surface area contributed by atoms with E-state index in [0.717, 1.165) is 28.1 Å². The standard InChI is InChI=1S/C26H22N4O3S/c1-34-15-14-22(23-27-20-8-4-5-9-21(20)28-23)29-24(31)16-10-12-17(13-11-16)30-25(32)18-6-2-3-7-19(18)26(30)33/h2-13,22H,14-15H2,1H3,(H,27,28)(H,29,31).